The summed E-state index contributed by atoms with van der Waals surface area (Å²) >= 11 is 0. The van der Waals surface area contributed by atoms with Crippen LogP contribution in [0.5, 0.6) is 0 Å². The van der Waals surface area contributed by atoms with Crippen LogP contribution in [-0.2, 0) is 9.53 Å². The normalized spacial score (nSPS) is 25.0. The summed E-state index contributed by atoms with van der Waals surface area (Å²) in [6.45, 7) is 1.50. The van der Waals surface area contributed by atoms with Crippen molar-refractivity contribution in [1.29, 1.82) is 0 Å². The van der Waals surface area contributed by atoms with Gasteiger partial charge in [-0.15, -0.1) is 0 Å². The highest BCUT2D eigenvalue weighted by atomic mass is 16.5. The lowest BCUT2D eigenvalue weighted by atomic mass is 9.79. The number of ether oxygens (including phenoxy) is 1. The van der Waals surface area contributed by atoms with Crippen LogP contribution in [0.4, 0.5) is 0 Å². The molecule has 0 saturated heterocycles. The Hall–Kier alpha value is -0.650. The fraction of sp³-hybridized carbons (Fsp3) is 0.929. The first-order valence-corrected chi connectivity index (χ1v) is 7.32. The van der Waals surface area contributed by atoms with E-state index in [-0.39, 0.29) is 12.5 Å². The molecule has 4 N–H and O–H groups in total. The van der Waals surface area contributed by atoms with E-state index in [0.717, 1.165) is 19.3 Å². The Morgan fingerprint density at radius 2 is 2.11 bits per heavy atom. The predicted molar refractivity (Wildman–Crippen MR) is 74.6 cm³/mol. The molecule has 1 fully saturated rings. The lowest BCUT2D eigenvalue weighted by Crippen LogP contribution is -2.44. The number of nitrogens with one attached hydrogen (secondary N) is 1. The summed E-state index contributed by atoms with van der Waals surface area (Å²) in [5.74, 6) is 0.644. The van der Waals surface area contributed by atoms with E-state index in [1.165, 1.54) is 12.8 Å². The molecule has 0 aromatic carbocycles. The molecule has 3 unspecified atom stereocenters. The van der Waals surface area contributed by atoms with Gasteiger partial charge in [0.25, 0.3) is 0 Å². The Morgan fingerprint density at radius 1 is 1.42 bits per heavy atom. The van der Waals surface area contributed by atoms with Gasteiger partial charge < -0.3 is 20.9 Å². The number of amides is 1. The van der Waals surface area contributed by atoms with E-state index in [0.29, 0.717) is 31.4 Å². The lowest BCUT2D eigenvalue weighted by Gasteiger charge is -2.30. The van der Waals surface area contributed by atoms with Crippen molar-refractivity contribution in [2.45, 2.75) is 44.6 Å². The summed E-state index contributed by atoms with van der Waals surface area (Å²) in [5, 5.41) is 12.3. The highest BCUT2D eigenvalue weighted by Gasteiger charge is 2.25. The SMILES string of the molecule is COCCCC(N)C(=O)NCC1CCCCC1CO. The number of aliphatic hydroxyl groups excluding tert-OH is 1. The molecule has 1 aliphatic carbocycles. The van der Waals surface area contributed by atoms with Gasteiger partial charge in [0.1, 0.15) is 0 Å². The standard InChI is InChI=1S/C14H28N2O3/c1-19-8-4-7-13(15)14(18)16-9-11-5-2-3-6-12(11)10-17/h11-13,17H,2-10,15H2,1H3,(H,16,18). The van der Waals surface area contributed by atoms with E-state index in [9.17, 15) is 9.90 Å². The maximum atomic E-state index is 11.8. The number of hydrogen-bond acceptors (Lipinski definition) is 4. The maximum Gasteiger partial charge on any atom is 0.236 e. The van der Waals surface area contributed by atoms with E-state index < -0.39 is 6.04 Å². The monoisotopic (exact) mass is 272 g/mol. The molecule has 0 aromatic heterocycles. The quantitative estimate of drug-likeness (QED) is 0.567. The minimum Gasteiger partial charge on any atom is -0.396 e. The molecule has 1 rings (SSSR count). The van der Waals surface area contributed by atoms with Gasteiger partial charge in [0, 0.05) is 26.9 Å². The van der Waals surface area contributed by atoms with E-state index in [1.807, 2.05) is 0 Å². The number of methoxy groups -OCH3 is 1. The third-order valence-electron chi connectivity index (χ3n) is 4.04. The molecule has 19 heavy (non-hydrogen) atoms. The molecule has 0 bridgehead atoms. The second-order valence-corrected chi connectivity index (χ2v) is 5.47. The van der Waals surface area contributed by atoms with Crippen LogP contribution in [0.2, 0.25) is 0 Å². The molecule has 1 aliphatic rings. The van der Waals surface area contributed by atoms with Crippen molar-refractivity contribution in [2.75, 3.05) is 26.9 Å². The zero-order valence-corrected chi connectivity index (χ0v) is 11.9. The van der Waals surface area contributed by atoms with Crippen molar-refractivity contribution >= 4 is 5.91 Å². The van der Waals surface area contributed by atoms with Gasteiger partial charge in [-0.25, -0.2) is 0 Å². The summed E-state index contributed by atoms with van der Waals surface area (Å²) in [6.07, 6.45) is 5.98. The Kier molecular flexibility index (Phi) is 8.02. The van der Waals surface area contributed by atoms with Crippen LogP contribution in [-0.4, -0.2) is 43.9 Å². The van der Waals surface area contributed by atoms with Crippen LogP contribution in [0.3, 0.4) is 0 Å². The Balaban J connectivity index is 2.24. The molecule has 1 amide bonds. The Bertz CT molecular complexity index is 261. The van der Waals surface area contributed by atoms with Crippen LogP contribution in [0.25, 0.3) is 0 Å². The Labute approximate surface area is 115 Å². The van der Waals surface area contributed by atoms with Crippen LogP contribution < -0.4 is 11.1 Å². The molecule has 5 nitrogen and oxygen atoms in total. The molecule has 0 aliphatic heterocycles. The van der Waals surface area contributed by atoms with Gasteiger partial charge in [-0.05, 0) is 37.5 Å². The van der Waals surface area contributed by atoms with Gasteiger partial charge in [0.2, 0.25) is 5.91 Å². The topological polar surface area (TPSA) is 84.6 Å². The first-order chi connectivity index (χ1) is 9.19. The van der Waals surface area contributed by atoms with Crippen molar-refractivity contribution < 1.29 is 14.6 Å². The number of aliphatic hydroxyl groups is 1. The van der Waals surface area contributed by atoms with E-state index in [4.69, 9.17) is 10.5 Å². The van der Waals surface area contributed by atoms with Crippen LogP contribution in [0, 0.1) is 11.8 Å². The summed E-state index contributed by atoms with van der Waals surface area (Å²) in [4.78, 5) is 11.8. The summed E-state index contributed by atoms with van der Waals surface area (Å²) < 4.78 is 4.94. The molecule has 0 aromatic rings. The molecule has 1 saturated carbocycles. The summed E-state index contributed by atoms with van der Waals surface area (Å²) in [5.41, 5.74) is 5.82. The molecule has 0 heterocycles. The first-order valence-electron chi connectivity index (χ1n) is 7.32. The van der Waals surface area contributed by atoms with E-state index in [2.05, 4.69) is 5.32 Å². The van der Waals surface area contributed by atoms with Crippen molar-refractivity contribution in [1.82, 2.24) is 5.32 Å². The van der Waals surface area contributed by atoms with Crippen LogP contribution in [0.15, 0.2) is 0 Å². The lowest BCUT2D eigenvalue weighted by molar-refractivity contribution is -0.122. The molecule has 0 radical (unpaired) electrons. The molecular weight excluding hydrogens is 244 g/mol. The van der Waals surface area contributed by atoms with Gasteiger partial charge in [-0.1, -0.05) is 12.8 Å². The number of carbonyl (C=O) groups is 1. The number of hydrogen-bond donors (Lipinski definition) is 3. The highest BCUT2D eigenvalue weighted by Crippen LogP contribution is 2.29. The van der Waals surface area contributed by atoms with Crippen molar-refractivity contribution in [3.8, 4) is 0 Å². The van der Waals surface area contributed by atoms with E-state index >= 15 is 0 Å². The molecule has 5 heteroatoms. The second-order valence-electron chi connectivity index (χ2n) is 5.47. The largest absolute Gasteiger partial charge is 0.396 e. The van der Waals surface area contributed by atoms with Gasteiger partial charge >= 0.3 is 0 Å². The third kappa shape index (κ3) is 5.89. The fourth-order valence-corrected chi connectivity index (χ4v) is 2.74. The molecule has 3 atom stereocenters. The van der Waals surface area contributed by atoms with Gasteiger partial charge in [-0.3, -0.25) is 4.79 Å². The maximum absolute atomic E-state index is 11.8. The Morgan fingerprint density at radius 3 is 2.74 bits per heavy atom. The zero-order valence-electron chi connectivity index (χ0n) is 11.9. The smallest absolute Gasteiger partial charge is 0.236 e. The predicted octanol–water partition coefficient (Wildman–Crippen LogP) is 0.655. The van der Waals surface area contributed by atoms with Crippen molar-refractivity contribution in [2.24, 2.45) is 17.6 Å². The first kappa shape index (κ1) is 16.4. The van der Waals surface area contributed by atoms with Gasteiger partial charge in [0.05, 0.1) is 6.04 Å². The van der Waals surface area contributed by atoms with Gasteiger partial charge in [0.15, 0.2) is 0 Å². The average molecular weight is 272 g/mol. The fourth-order valence-electron chi connectivity index (χ4n) is 2.74. The number of nitrogens with two attached hydrogens (primary N) is 1. The minimum atomic E-state index is -0.452. The molecule has 0 spiro atoms. The average Bonchev–Trinajstić information content (AvgIpc) is 2.45. The zero-order chi connectivity index (χ0) is 14.1. The summed E-state index contributed by atoms with van der Waals surface area (Å²) in [6, 6.07) is -0.452. The van der Waals surface area contributed by atoms with Crippen LogP contribution >= 0.6 is 0 Å². The number of rotatable bonds is 8. The van der Waals surface area contributed by atoms with E-state index in [1.54, 1.807) is 7.11 Å². The van der Waals surface area contributed by atoms with Crippen LogP contribution in [0.1, 0.15) is 38.5 Å². The van der Waals surface area contributed by atoms with Crippen molar-refractivity contribution in [3.05, 3.63) is 0 Å². The second kappa shape index (κ2) is 9.28. The molecule has 112 valence electrons. The molecular formula is C14H28N2O3. The number of carbonyl (C=O) groups excluding carboxylic acids is 1. The third-order valence-corrected chi connectivity index (χ3v) is 4.04. The highest BCUT2D eigenvalue weighted by molar-refractivity contribution is 5.81. The minimum absolute atomic E-state index is 0.0848. The van der Waals surface area contributed by atoms with Crippen molar-refractivity contribution in [3.63, 3.8) is 0 Å². The summed E-state index contributed by atoms with van der Waals surface area (Å²) in [7, 11) is 1.64. The van der Waals surface area contributed by atoms with Gasteiger partial charge in [-0.2, -0.15) is 0 Å².